The van der Waals surface area contributed by atoms with Crippen LogP contribution in [0.15, 0.2) is 29.5 Å². The van der Waals surface area contributed by atoms with Gasteiger partial charge in [0, 0.05) is 39.3 Å². The van der Waals surface area contributed by atoms with Crippen LogP contribution >= 0.6 is 0 Å². The van der Waals surface area contributed by atoms with E-state index in [0.29, 0.717) is 17.8 Å². The summed E-state index contributed by atoms with van der Waals surface area (Å²) in [5.41, 5.74) is 1.23. The SMILES string of the molecule is C#CC1=CC(C(=O)O)=[C-]N(CCCC)C1=C.[Y]. The summed E-state index contributed by atoms with van der Waals surface area (Å²) in [5.74, 6) is 1.41. The van der Waals surface area contributed by atoms with Crippen molar-refractivity contribution in [3.63, 3.8) is 0 Å². The molecule has 1 aliphatic heterocycles. The molecule has 0 amide bonds. The predicted octanol–water partition coefficient (Wildman–Crippen LogP) is 1.94. The molecule has 0 fully saturated rings. The van der Waals surface area contributed by atoms with Crippen LogP contribution in [0.25, 0.3) is 0 Å². The summed E-state index contributed by atoms with van der Waals surface area (Å²) >= 11 is 0. The quantitative estimate of drug-likeness (QED) is 0.637. The van der Waals surface area contributed by atoms with Crippen LogP contribution in [0.1, 0.15) is 19.8 Å². The third kappa shape index (κ3) is 4.14. The second kappa shape index (κ2) is 7.47. The summed E-state index contributed by atoms with van der Waals surface area (Å²) in [5, 5.41) is 8.91. The Bertz CT molecular complexity index is 416. The molecule has 3 nitrogen and oxygen atoms in total. The fourth-order valence-corrected chi connectivity index (χ4v) is 1.36. The van der Waals surface area contributed by atoms with Gasteiger partial charge in [0.15, 0.2) is 0 Å². The largest absolute Gasteiger partial charge is 0.521 e. The summed E-state index contributed by atoms with van der Waals surface area (Å²) in [4.78, 5) is 12.6. The van der Waals surface area contributed by atoms with Crippen LogP contribution in [0, 0.1) is 18.5 Å². The van der Waals surface area contributed by atoms with Gasteiger partial charge in [0.05, 0.1) is 0 Å². The average Bonchev–Trinajstić information content (AvgIpc) is 2.27. The fourth-order valence-electron chi connectivity index (χ4n) is 1.36. The maximum absolute atomic E-state index is 10.9. The Morgan fingerprint density at radius 3 is 2.82 bits per heavy atom. The van der Waals surface area contributed by atoms with E-state index in [1.165, 1.54) is 6.08 Å². The normalized spacial score (nSPS) is 14.4. The molecule has 0 saturated carbocycles. The zero-order valence-corrected chi connectivity index (χ0v) is 12.7. The molecule has 1 rings (SSSR count). The Morgan fingerprint density at radius 2 is 2.35 bits per heavy atom. The molecule has 0 spiro atoms. The summed E-state index contributed by atoms with van der Waals surface area (Å²) in [7, 11) is 0. The fraction of sp³-hybridized carbons (Fsp3) is 0.308. The van der Waals surface area contributed by atoms with Gasteiger partial charge in [-0.1, -0.05) is 25.5 Å². The topological polar surface area (TPSA) is 40.5 Å². The summed E-state index contributed by atoms with van der Waals surface area (Å²) in [6.07, 6.45) is 11.5. The first-order valence-corrected chi connectivity index (χ1v) is 5.12. The van der Waals surface area contributed by atoms with E-state index < -0.39 is 5.97 Å². The number of allylic oxidation sites excluding steroid dienone is 1. The van der Waals surface area contributed by atoms with E-state index in [9.17, 15) is 4.79 Å². The Morgan fingerprint density at radius 1 is 1.71 bits per heavy atom. The zero-order valence-electron chi connectivity index (χ0n) is 9.86. The molecule has 0 aromatic heterocycles. The van der Waals surface area contributed by atoms with Crippen molar-refractivity contribution in [2.45, 2.75) is 19.8 Å². The average molecular weight is 305 g/mol. The van der Waals surface area contributed by atoms with E-state index in [1.54, 1.807) is 4.90 Å². The smallest absolute Gasteiger partial charge is 0.249 e. The molecular formula is C13H14NO2Y-. The van der Waals surface area contributed by atoms with Gasteiger partial charge in [0.2, 0.25) is 5.97 Å². The van der Waals surface area contributed by atoms with Crippen molar-refractivity contribution in [3.05, 3.63) is 35.7 Å². The first-order chi connectivity index (χ1) is 7.60. The first-order valence-electron chi connectivity index (χ1n) is 5.12. The molecule has 1 radical (unpaired) electrons. The van der Waals surface area contributed by atoms with Crippen molar-refractivity contribution >= 4 is 5.97 Å². The summed E-state index contributed by atoms with van der Waals surface area (Å²) in [6, 6.07) is 0. The van der Waals surface area contributed by atoms with Crippen LogP contribution in [0.2, 0.25) is 0 Å². The van der Waals surface area contributed by atoms with E-state index in [2.05, 4.69) is 25.6 Å². The van der Waals surface area contributed by atoms with Crippen LogP contribution in [0.5, 0.6) is 0 Å². The van der Waals surface area contributed by atoms with Crippen molar-refractivity contribution in [2.75, 3.05) is 6.54 Å². The van der Waals surface area contributed by atoms with Crippen molar-refractivity contribution in [3.8, 4) is 12.3 Å². The van der Waals surface area contributed by atoms with Gasteiger partial charge in [-0.25, -0.2) is 0 Å². The molecule has 0 aromatic rings. The molecule has 17 heavy (non-hydrogen) atoms. The predicted molar refractivity (Wildman–Crippen MR) is 62.1 cm³/mol. The van der Waals surface area contributed by atoms with Crippen LogP contribution in [-0.2, 0) is 37.5 Å². The molecule has 87 valence electrons. The number of carboxylic acids is 1. The number of rotatable bonds is 4. The second-order valence-corrected chi connectivity index (χ2v) is 3.48. The van der Waals surface area contributed by atoms with Gasteiger partial charge < -0.3 is 14.8 Å². The number of terminal acetylenes is 1. The molecule has 0 saturated heterocycles. The number of hydrogen-bond donors (Lipinski definition) is 1. The van der Waals surface area contributed by atoms with Crippen molar-refractivity contribution in [2.24, 2.45) is 0 Å². The van der Waals surface area contributed by atoms with Gasteiger partial charge >= 0.3 is 0 Å². The molecular weight excluding hydrogens is 291 g/mol. The van der Waals surface area contributed by atoms with Crippen LogP contribution in [-0.4, -0.2) is 22.5 Å². The Labute approximate surface area is 127 Å². The van der Waals surface area contributed by atoms with E-state index in [0.717, 1.165) is 12.8 Å². The monoisotopic (exact) mass is 305 g/mol. The molecule has 0 aromatic carbocycles. The number of hydrogen-bond acceptors (Lipinski definition) is 2. The minimum atomic E-state index is -1.03. The summed E-state index contributed by atoms with van der Waals surface area (Å²) in [6.45, 7) is 6.59. The Balaban J connectivity index is 0.00000256. The van der Waals surface area contributed by atoms with E-state index >= 15 is 0 Å². The molecule has 0 bridgehead atoms. The maximum Gasteiger partial charge on any atom is 0.249 e. The number of carboxylic acid groups (broad SMARTS) is 1. The van der Waals surface area contributed by atoms with Crippen molar-refractivity contribution in [1.29, 1.82) is 0 Å². The molecule has 1 heterocycles. The molecule has 0 aliphatic carbocycles. The Hall–Kier alpha value is -0.846. The van der Waals surface area contributed by atoms with Gasteiger partial charge in [0.25, 0.3) is 0 Å². The number of unbranched alkanes of at least 4 members (excludes halogenated alkanes) is 1. The van der Waals surface area contributed by atoms with E-state index in [1.807, 2.05) is 0 Å². The molecule has 4 heteroatoms. The van der Waals surface area contributed by atoms with Crippen molar-refractivity contribution in [1.82, 2.24) is 4.90 Å². The second-order valence-electron chi connectivity index (χ2n) is 3.48. The minimum Gasteiger partial charge on any atom is -0.521 e. The van der Waals surface area contributed by atoms with Crippen LogP contribution in [0.4, 0.5) is 0 Å². The van der Waals surface area contributed by atoms with Gasteiger partial charge in [-0.05, 0) is 23.3 Å². The van der Waals surface area contributed by atoms with Gasteiger partial charge in [-0.2, -0.15) is 0 Å². The van der Waals surface area contributed by atoms with Gasteiger partial charge in [-0.3, -0.25) is 0 Å². The molecule has 1 N–H and O–H groups in total. The first kappa shape index (κ1) is 16.2. The zero-order chi connectivity index (χ0) is 12.1. The van der Waals surface area contributed by atoms with Crippen LogP contribution < -0.4 is 0 Å². The van der Waals surface area contributed by atoms with E-state index in [4.69, 9.17) is 11.5 Å². The maximum atomic E-state index is 10.9. The molecule has 1 aliphatic rings. The standard InChI is InChI=1S/C13H14NO2.Y/c1-4-6-7-14-9-12(13(15)16)8-11(5-2)10(14)3;/h2,8H,3-4,6-7H2,1H3,(H,15,16);/q-1;. The summed E-state index contributed by atoms with van der Waals surface area (Å²) < 4.78 is 0. The minimum absolute atomic E-state index is 0. The van der Waals surface area contributed by atoms with Crippen molar-refractivity contribution < 1.29 is 42.6 Å². The Kier molecular flexibility index (Phi) is 7.10. The molecule has 0 unspecified atom stereocenters. The van der Waals surface area contributed by atoms with Crippen LogP contribution in [0.3, 0.4) is 0 Å². The number of nitrogens with zero attached hydrogens (tertiary/aromatic N) is 1. The van der Waals surface area contributed by atoms with E-state index in [-0.39, 0.29) is 38.3 Å². The molecule has 0 atom stereocenters. The third-order valence-corrected chi connectivity index (χ3v) is 2.30. The number of carbonyl (C=O) groups is 1. The number of aliphatic carboxylic acids is 1. The van der Waals surface area contributed by atoms with Gasteiger partial charge in [-0.15, -0.1) is 19.1 Å². The third-order valence-electron chi connectivity index (χ3n) is 2.30. The van der Waals surface area contributed by atoms with Gasteiger partial charge in [0.1, 0.15) is 0 Å².